The number of halogens is 2. The summed E-state index contributed by atoms with van der Waals surface area (Å²) in [5.74, 6) is 2.14. The highest BCUT2D eigenvalue weighted by Gasteiger charge is 2.13. The van der Waals surface area contributed by atoms with Crippen molar-refractivity contribution in [1.82, 2.24) is 0 Å². The summed E-state index contributed by atoms with van der Waals surface area (Å²) in [5, 5.41) is 0.639. The summed E-state index contributed by atoms with van der Waals surface area (Å²) in [5.41, 5.74) is 2.11. The summed E-state index contributed by atoms with van der Waals surface area (Å²) in [6.45, 7) is 11.7. The van der Waals surface area contributed by atoms with E-state index in [-0.39, 0.29) is 11.7 Å². The molecule has 0 bridgehead atoms. The molecule has 2 rings (SSSR count). The van der Waals surface area contributed by atoms with E-state index in [0.29, 0.717) is 35.8 Å². The zero-order valence-electron chi connectivity index (χ0n) is 17.6. The van der Waals surface area contributed by atoms with Gasteiger partial charge in [-0.25, -0.2) is 4.39 Å². The summed E-state index contributed by atoms with van der Waals surface area (Å²) < 4.78 is 25.6. The van der Waals surface area contributed by atoms with Gasteiger partial charge < -0.3 is 9.47 Å². The van der Waals surface area contributed by atoms with Crippen molar-refractivity contribution in [2.24, 2.45) is 11.8 Å². The SMILES string of the molecule is Cc1ccc(Cl)c(OCC(C)CCC(C)c2cc(F)cc(OCC(C)C)c2)c1. The summed E-state index contributed by atoms with van der Waals surface area (Å²) in [6, 6.07) is 10.8. The predicted molar refractivity (Wildman–Crippen MR) is 115 cm³/mol. The van der Waals surface area contributed by atoms with Crippen molar-refractivity contribution in [3.05, 3.63) is 58.4 Å². The Morgan fingerprint density at radius 3 is 2.39 bits per heavy atom. The van der Waals surface area contributed by atoms with E-state index in [1.165, 1.54) is 6.07 Å². The third kappa shape index (κ3) is 7.35. The van der Waals surface area contributed by atoms with E-state index in [9.17, 15) is 4.39 Å². The molecule has 154 valence electrons. The summed E-state index contributed by atoms with van der Waals surface area (Å²) in [4.78, 5) is 0. The molecule has 0 amide bonds. The van der Waals surface area contributed by atoms with E-state index in [4.69, 9.17) is 21.1 Å². The van der Waals surface area contributed by atoms with Crippen molar-refractivity contribution in [1.29, 1.82) is 0 Å². The van der Waals surface area contributed by atoms with Crippen molar-refractivity contribution < 1.29 is 13.9 Å². The summed E-state index contributed by atoms with van der Waals surface area (Å²) in [7, 11) is 0. The van der Waals surface area contributed by atoms with Gasteiger partial charge in [-0.1, -0.05) is 45.4 Å². The highest BCUT2D eigenvalue weighted by atomic mass is 35.5. The molecule has 0 saturated carbocycles. The van der Waals surface area contributed by atoms with Crippen LogP contribution in [-0.4, -0.2) is 13.2 Å². The maximum Gasteiger partial charge on any atom is 0.138 e. The fraction of sp³-hybridized carbons (Fsp3) is 0.500. The fourth-order valence-corrected chi connectivity index (χ4v) is 3.12. The summed E-state index contributed by atoms with van der Waals surface area (Å²) >= 11 is 6.19. The second kappa shape index (κ2) is 10.7. The standard InChI is InChI=1S/C24H32ClFO2/c1-16(2)14-27-22-12-20(11-21(26)13-22)19(5)8-6-18(4)15-28-24-10-17(3)7-9-23(24)25/h7,9-13,16,18-19H,6,8,14-15H2,1-5H3. The number of hydrogen-bond donors (Lipinski definition) is 0. The molecule has 0 saturated heterocycles. The Kier molecular flexibility index (Phi) is 8.62. The van der Waals surface area contributed by atoms with Gasteiger partial charge in [0.25, 0.3) is 0 Å². The molecule has 0 radical (unpaired) electrons. The number of rotatable bonds is 10. The van der Waals surface area contributed by atoms with E-state index in [1.54, 1.807) is 6.07 Å². The number of benzene rings is 2. The lowest BCUT2D eigenvalue weighted by atomic mass is 9.92. The Balaban J connectivity index is 1.87. The van der Waals surface area contributed by atoms with Crippen LogP contribution in [0.25, 0.3) is 0 Å². The highest BCUT2D eigenvalue weighted by Crippen LogP contribution is 2.29. The van der Waals surface area contributed by atoms with E-state index < -0.39 is 0 Å². The van der Waals surface area contributed by atoms with Gasteiger partial charge in [-0.05, 0) is 72.9 Å². The molecule has 0 aliphatic rings. The number of ether oxygens (including phenoxy) is 2. The average Bonchev–Trinajstić information content (AvgIpc) is 2.64. The molecule has 2 unspecified atom stereocenters. The van der Waals surface area contributed by atoms with Crippen LogP contribution in [-0.2, 0) is 0 Å². The number of hydrogen-bond acceptors (Lipinski definition) is 2. The topological polar surface area (TPSA) is 18.5 Å². The molecular weight excluding hydrogens is 375 g/mol. The largest absolute Gasteiger partial charge is 0.493 e. The van der Waals surface area contributed by atoms with Crippen LogP contribution in [0.1, 0.15) is 57.6 Å². The second-order valence-electron chi connectivity index (χ2n) is 8.25. The van der Waals surface area contributed by atoms with Gasteiger partial charge in [0.15, 0.2) is 0 Å². The van der Waals surface area contributed by atoms with Crippen LogP contribution in [0.5, 0.6) is 11.5 Å². The van der Waals surface area contributed by atoms with E-state index >= 15 is 0 Å². The van der Waals surface area contributed by atoms with Crippen LogP contribution in [0, 0.1) is 24.6 Å². The van der Waals surface area contributed by atoms with Crippen molar-refractivity contribution >= 4 is 11.6 Å². The first kappa shape index (κ1) is 22.5. The van der Waals surface area contributed by atoms with Crippen LogP contribution in [0.4, 0.5) is 4.39 Å². The molecule has 0 aromatic heterocycles. The molecule has 28 heavy (non-hydrogen) atoms. The molecule has 4 heteroatoms. The lowest BCUT2D eigenvalue weighted by Gasteiger charge is -2.18. The molecule has 2 atom stereocenters. The smallest absolute Gasteiger partial charge is 0.138 e. The van der Waals surface area contributed by atoms with Gasteiger partial charge in [0.2, 0.25) is 0 Å². The lowest BCUT2D eigenvalue weighted by molar-refractivity contribution is 0.247. The quantitative estimate of drug-likeness (QED) is 0.408. The van der Waals surface area contributed by atoms with Gasteiger partial charge in [-0.2, -0.15) is 0 Å². The molecule has 2 aromatic carbocycles. The molecule has 0 spiro atoms. The van der Waals surface area contributed by atoms with Gasteiger partial charge >= 0.3 is 0 Å². The first-order valence-electron chi connectivity index (χ1n) is 10.1. The third-order valence-electron chi connectivity index (χ3n) is 4.75. The van der Waals surface area contributed by atoms with E-state index in [1.807, 2.05) is 31.2 Å². The lowest BCUT2D eigenvalue weighted by Crippen LogP contribution is -2.10. The second-order valence-corrected chi connectivity index (χ2v) is 8.66. The molecule has 0 aliphatic heterocycles. The molecule has 0 aliphatic carbocycles. The summed E-state index contributed by atoms with van der Waals surface area (Å²) in [6.07, 6.45) is 1.95. The van der Waals surface area contributed by atoms with Gasteiger partial charge in [-0.3, -0.25) is 0 Å². The van der Waals surface area contributed by atoms with Crippen molar-refractivity contribution in [3.8, 4) is 11.5 Å². The third-order valence-corrected chi connectivity index (χ3v) is 5.06. The molecule has 0 fully saturated rings. The molecule has 0 N–H and O–H groups in total. The Labute approximate surface area is 174 Å². The minimum absolute atomic E-state index is 0.242. The van der Waals surface area contributed by atoms with Crippen LogP contribution in [0.2, 0.25) is 5.02 Å². The Morgan fingerprint density at radius 2 is 1.68 bits per heavy atom. The normalized spacial score (nSPS) is 13.4. The highest BCUT2D eigenvalue weighted by molar-refractivity contribution is 6.32. The molecular formula is C24H32ClFO2. The zero-order chi connectivity index (χ0) is 20.7. The van der Waals surface area contributed by atoms with Gasteiger partial charge in [0.1, 0.15) is 17.3 Å². The van der Waals surface area contributed by atoms with E-state index in [0.717, 1.165) is 29.7 Å². The van der Waals surface area contributed by atoms with Gasteiger partial charge in [0.05, 0.1) is 18.2 Å². The van der Waals surface area contributed by atoms with Gasteiger partial charge in [-0.15, -0.1) is 0 Å². The van der Waals surface area contributed by atoms with Crippen LogP contribution in [0.15, 0.2) is 36.4 Å². The minimum Gasteiger partial charge on any atom is -0.493 e. The van der Waals surface area contributed by atoms with Crippen molar-refractivity contribution in [2.45, 2.75) is 53.4 Å². The van der Waals surface area contributed by atoms with Crippen LogP contribution < -0.4 is 9.47 Å². The Hall–Kier alpha value is -1.74. The minimum atomic E-state index is -0.242. The Bertz CT molecular complexity index is 760. The predicted octanol–water partition coefficient (Wildman–Crippen LogP) is 7.42. The monoisotopic (exact) mass is 406 g/mol. The maximum absolute atomic E-state index is 14.0. The maximum atomic E-state index is 14.0. The van der Waals surface area contributed by atoms with Crippen LogP contribution >= 0.6 is 11.6 Å². The molecule has 2 nitrogen and oxygen atoms in total. The first-order chi connectivity index (χ1) is 13.2. The average molecular weight is 407 g/mol. The van der Waals surface area contributed by atoms with Crippen LogP contribution in [0.3, 0.4) is 0 Å². The van der Waals surface area contributed by atoms with E-state index in [2.05, 4.69) is 27.7 Å². The van der Waals surface area contributed by atoms with Crippen molar-refractivity contribution in [2.75, 3.05) is 13.2 Å². The van der Waals surface area contributed by atoms with Crippen molar-refractivity contribution in [3.63, 3.8) is 0 Å². The fourth-order valence-electron chi connectivity index (χ4n) is 2.95. The molecule has 0 heterocycles. The first-order valence-corrected chi connectivity index (χ1v) is 10.4. The molecule has 2 aromatic rings. The van der Waals surface area contributed by atoms with Gasteiger partial charge in [0, 0.05) is 6.07 Å². The number of aryl methyl sites for hydroxylation is 1. The Morgan fingerprint density at radius 1 is 0.929 bits per heavy atom. The zero-order valence-corrected chi connectivity index (χ0v) is 18.4.